The molecule has 0 unspecified atom stereocenters. The van der Waals surface area contributed by atoms with Gasteiger partial charge in [0.05, 0.1) is 11.3 Å². The summed E-state index contributed by atoms with van der Waals surface area (Å²) in [6.45, 7) is 3.74. The van der Waals surface area contributed by atoms with Gasteiger partial charge in [0, 0.05) is 23.3 Å². The molecule has 1 aromatic carbocycles. The van der Waals surface area contributed by atoms with Crippen molar-refractivity contribution in [3.05, 3.63) is 41.2 Å². The molecular weight excluding hydrogens is 258 g/mol. The molecule has 0 spiro atoms. The number of hydrogen-bond acceptors (Lipinski definition) is 3. The van der Waals surface area contributed by atoms with Crippen LogP contribution in [0.15, 0.2) is 29.2 Å². The fraction of sp³-hybridized carbons (Fsp3) is 0.286. The molecule has 0 radical (unpaired) electrons. The lowest BCUT2D eigenvalue weighted by molar-refractivity contribution is 0.102. The standard InChI is InChI=1S/C14H17N3OS/c1-9-13(10(2)17(3)16-9)14(18)15-11-5-7-12(19-4)8-6-11/h5-8H,1-4H3,(H,15,18). The quantitative estimate of drug-likeness (QED) is 0.876. The SMILES string of the molecule is CSc1ccc(NC(=O)c2c(C)nn(C)c2C)cc1. The average Bonchev–Trinajstić information content (AvgIpc) is 2.64. The molecule has 0 atom stereocenters. The summed E-state index contributed by atoms with van der Waals surface area (Å²) in [4.78, 5) is 13.4. The van der Waals surface area contributed by atoms with Gasteiger partial charge in [0.15, 0.2) is 0 Å². The van der Waals surface area contributed by atoms with Gasteiger partial charge in [0.25, 0.3) is 5.91 Å². The van der Waals surface area contributed by atoms with Gasteiger partial charge in [-0.15, -0.1) is 11.8 Å². The zero-order valence-electron chi connectivity index (χ0n) is 11.5. The second-order valence-electron chi connectivity index (χ2n) is 4.35. The number of hydrogen-bond donors (Lipinski definition) is 1. The Labute approximate surface area is 117 Å². The number of carbonyl (C=O) groups excluding carboxylic acids is 1. The molecule has 1 heterocycles. The van der Waals surface area contributed by atoms with Crippen molar-refractivity contribution >= 4 is 23.4 Å². The minimum Gasteiger partial charge on any atom is -0.322 e. The number of amides is 1. The molecule has 0 aliphatic heterocycles. The zero-order valence-corrected chi connectivity index (χ0v) is 12.3. The Morgan fingerprint density at radius 2 is 1.89 bits per heavy atom. The number of aryl methyl sites for hydroxylation is 2. The highest BCUT2D eigenvalue weighted by Crippen LogP contribution is 2.19. The van der Waals surface area contributed by atoms with Crippen molar-refractivity contribution in [1.82, 2.24) is 9.78 Å². The van der Waals surface area contributed by atoms with E-state index in [9.17, 15) is 4.79 Å². The van der Waals surface area contributed by atoms with E-state index in [4.69, 9.17) is 0 Å². The van der Waals surface area contributed by atoms with Crippen molar-refractivity contribution in [1.29, 1.82) is 0 Å². The van der Waals surface area contributed by atoms with Crippen molar-refractivity contribution in [2.75, 3.05) is 11.6 Å². The average molecular weight is 275 g/mol. The lowest BCUT2D eigenvalue weighted by Crippen LogP contribution is -2.14. The lowest BCUT2D eigenvalue weighted by Gasteiger charge is -2.06. The summed E-state index contributed by atoms with van der Waals surface area (Å²) in [5.41, 5.74) is 3.07. The van der Waals surface area contributed by atoms with Gasteiger partial charge in [-0.3, -0.25) is 9.48 Å². The first-order chi connectivity index (χ1) is 9.02. The largest absolute Gasteiger partial charge is 0.322 e. The highest BCUT2D eigenvalue weighted by Gasteiger charge is 2.17. The fourth-order valence-corrected chi connectivity index (χ4v) is 2.38. The van der Waals surface area contributed by atoms with Gasteiger partial charge in [-0.2, -0.15) is 5.10 Å². The van der Waals surface area contributed by atoms with Crippen LogP contribution in [0.2, 0.25) is 0 Å². The Kier molecular flexibility index (Phi) is 3.95. The van der Waals surface area contributed by atoms with Gasteiger partial charge < -0.3 is 5.32 Å². The van der Waals surface area contributed by atoms with E-state index in [0.717, 1.165) is 17.1 Å². The Morgan fingerprint density at radius 1 is 1.26 bits per heavy atom. The van der Waals surface area contributed by atoms with Crippen LogP contribution in [0.5, 0.6) is 0 Å². The van der Waals surface area contributed by atoms with Crippen molar-refractivity contribution < 1.29 is 4.79 Å². The van der Waals surface area contributed by atoms with Gasteiger partial charge in [0.1, 0.15) is 0 Å². The highest BCUT2D eigenvalue weighted by molar-refractivity contribution is 7.98. The van der Waals surface area contributed by atoms with Gasteiger partial charge >= 0.3 is 0 Å². The topological polar surface area (TPSA) is 46.9 Å². The van der Waals surface area contributed by atoms with E-state index >= 15 is 0 Å². The summed E-state index contributed by atoms with van der Waals surface area (Å²) in [6.07, 6.45) is 2.02. The summed E-state index contributed by atoms with van der Waals surface area (Å²) < 4.78 is 1.72. The third-order valence-electron chi connectivity index (χ3n) is 3.08. The molecule has 100 valence electrons. The summed E-state index contributed by atoms with van der Waals surface area (Å²) in [5.74, 6) is -0.111. The monoisotopic (exact) mass is 275 g/mol. The Balaban J connectivity index is 2.20. The maximum atomic E-state index is 12.3. The van der Waals surface area contributed by atoms with E-state index in [0.29, 0.717) is 5.56 Å². The van der Waals surface area contributed by atoms with Crippen molar-refractivity contribution in [2.24, 2.45) is 7.05 Å². The molecule has 0 fully saturated rings. The van der Waals surface area contributed by atoms with Crippen LogP contribution in [0.1, 0.15) is 21.7 Å². The first kappa shape index (κ1) is 13.7. The Morgan fingerprint density at radius 3 is 2.37 bits per heavy atom. The normalized spacial score (nSPS) is 10.5. The summed E-state index contributed by atoms with van der Waals surface area (Å²) in [6, 6.07) is 7.79. The van der Waals surface area contributed by atoms with Crippen LogP contribution in [-0.4, -0.2) is 21.9 Å². The second kappa shape index (κ2) is 5.48. The van der Waals surface area contributed by atoms with Crippen LogP contribution >= 0.6 is 11.8 Å². The molecule has 1 N–H and O–H groups in total. The maximum Gasteiger partial charge on any atom is 0.259 e. The van der Waals surface area contributed by atoms with E-state index in [1.807, 2.05) is 51.4 Å². The van der Waals surface area contributed by atoms with Crippen LogP contribution in [0, 0.1) is 13.8 Å². The van der Waals surface area contributed by atoms with Crippen LogP contribution in [0.3, 0.4) is 0 Å². The van der Waals surface area contributed by atoms with Crippen molar-refractivity contribution in [2.45, 2.75) is 18.7 Å². The molecule has 1 aromatic heterocycles. The number of aromatic nitrogens is 2. The van der Waals surface area contributed by atoms with Crippen LogP contribution in [0.4, 0.5) is 5.69 Å². The number of rotatable bonds is 3. The Hall–Kier alpha value is -1.75. The van der Waals surface area contributed by atoms with Crippen LogP contribution < -0.4 is 5.32 Å². The molecule has 0 aliphatic rings. The van der Waals surface area contributed by atoms with Crippen molar-refractivity contribution in [3.8, 4) is 0 Å². The predicted octanol–water partition coefficient (Wildman–Crippen LogP) is 3.01. The van der Waals surface area contributed by atoms with Crippen LogP contribution in [-0.2, 0) is 7.05 Å². The lowest BCUT2D eigenvalue weighted by atomic mass is 10.2. The highest BCUT2D eigenvalue weighted by atomic mass is 32.2. The third kappa shape index (κ3) is 2.81. The molecule has 5 heteroatoms. The number of nitrogens with one attached hydrogen (secondary N) is 1. The minimum absolute atomic E-state index is 0.111. The number of nitrogens with zero attached hydrogens (tertiary/aromatic N) is 2. The minimum atomic E-state index is -0.111. The third-order valence-corrected chi connectivity index (χ3v) is 3.83. The summed E-state index contributed by atoms with van der Waals surface area (Å²) in [5, 5.41) is 7.16. The predicted molar refractivity (Wildman–Crippen MR) is 78.9 cm³/mol. The summed E-state index contributed by atoms with van der Waals surface area (Å²) in [7, 11) is 1.84. The molecule has 19 heavy (non-hydrogen) atoms. The van der Waals surface area contributed by atoms with Crippen LogP contribution in [0.25, 0.3) is 0 Å². The molecule has 0 bridgehead atoms. The molecule has 0 aliphatic carbocycles. The van der Waals surface area contributed by atoms with Gasteiger partial charge in [-0.05, 0) is 44.4 Å². The first-order valence-corrected chi connectivity index (χ1v) is 7.21. The number of benzene rings is 1. The molecular formula is C14H17N3OS. The number of carbonyl (C=O) groups is 1. The summed E-state index contributed by atoms with van der Waals surface area (Å²) >= 11 is 1.67. The molecule has 1 amide bonds. The van der Waals surface area contributed by atoms with E-state index < -0.39 is 0 Å². The molecule has 0 saturated carbocycles. The zero-order chi connectivity index (χ0) is 14.0. The number of thioether (sulfide) groups is 1. The van der Waals surface area contributed by atoms with Gasteiger partial charge in [0.2, 0.25) is 0 Å². The number of anilines is 1. The fourth-order valence-electron chi connectivity index (χ4n) is 1.97. The maximum absolute atomic E-state index is 12.3. The van der Waals surface area contributed by atoms with E-state index in [1.165, 1.54) is 4.90 Å². The molecule has 0 saturated heterocycles. The molecule has 2 aromatic rings. The molecule has 4 nitrogen and oxygen atoms in total. The first-order valence-electron chi connectivity index (χ1n) is 5.98. The Bertz CT molecular complexity index is 602. The molecule has 2 rings (SSSR count). The van der Waals surface area contributed by atoms with Gasteiger partial charge in [-0.1, -0.05) is 0 Å². The smallest absolute Gasteiger partial charge is 0.259 e. The van der Waals surface area contributed by atoms with E-state index in [2.05, 4.69) is 10.4 Å². The van der Waals surface area contributed by atoms with Crippen molar-refractivity contribution in [3.63, 3.8) is 0 Å². The van der Waals surface area contributed by atoms with Gasteiger partial charge in [-0.25, -0.2) is 0 Å². The second-order valence-corrected chi connectivity index (χ2v) is 5.23. The van der Waals surface area contributed by atoms with E-state index in [1.54, 1.807) is 16.4 Å². The van der Waals surface area contributed by atoms with E-state index in [-0.39, 0.29) is 5.91 Å².